The molecular formula is C31H33N3O5. The molecule has 2 N–H and O–H groups in total. The van der Waals surface area contributed by atoms with E-state index in [4.69, 9.17) is 4.74 Å². The highest BCUT2D eigenvalue weighted by molar-refractivity contribution is 6.51. The lowest BCUT2D eigenvalue weighted by Crippen LogP contribution is -2.29. The van der Waals surface area contributed by atoms with E-state index in [0.29, 0.717) is 28.3 Å². The number of anilines is 3. The summed E-state index contributed by atoms with van der Waals surface area (Å²) in [7, 11) is 3.84. The third kappa shape index (κ3) is 5.65. The molecule has 0 radical (unpaired) electrons. The predicted molar refractivity (Wildman–Crippen MR) is 153 cm³/mol. The Bertz CT molecular complexity index is 1460. The quantitative estimate of drug-likeness (QED) is 0.241. The van der Waals surface area contributed by atoms with E-state index in [0.717, 1.165) is 11.3 Å². The molecule has 3 aromatic carbocycles. The summed E-state index contributed by atoms with van der Waals surface area (Å²) in [6.07, 6.45) is -0.0214. The van der Waals surface area contributed by atoms with E-state index in [1.165, 1.54) is 11.8 Å². The Kier molecular flexibility index (Phi) is 7.76. The lowest BCUT2D eigenvalue weighted by Gasteiger charge is -2.26. The molecule has 1 atom stereocenters. The molecule has 0 bridgehead atoms. The normalized spacial score (nSPS) is 16.5. The summed E-state index contributed by atoms with van der Waals surface area (Å²) in [5, 5.41) is 14.2. The van der Waals surface area contributed by atoms with Crippen molar-refractivity contribution in [3.8, 4) is 5.75 Å². The summed E-state index contributed by atoms with van der Waals surface area (Å²) in [4.78, 5) is 42.0. The molecule has 1 unspecified atom stereocenters. The molecule has 4 rings (SSSR count). The number of aryl methyl sites for hydroxylation is 1. The van der Waals surface area contributed by atoms with Gasteiger partial charge >= 0.3 is 0 Å². The number of aliphatic hydroxyl groups excluding tert-OH is 1. The third-order valence-corrected chi connectivity index (χ3v) is 6.43. The molecule has 0 aliphatic carbocycles. The van der Waals surface area contributed by atoms with Crippen LogP contribution >= 0.6 is 0 Å². The molecule has 1 fully saturated rings. The molecular weight excluding hydrogens is 494 g/mol. The maximum absolute atomic E-state index is 13.5. The van der Waals surface area contributed by atoms with Gasteiger partial charge in [-0.2, -0.15) is 0 Å². The van der Waals surface area contributed by atoms with Crippen molar-refractivity contribution >= 4 is 40.4 Å². The Balaban J connectivity index is 1.89. The highest BCUT2D eigenvalue weighted by atomic mass is 16.5. The summed E-state index contributed by atoms with van der Waals surface area (Å²) in [6, 6.07) is 18.5. The van der Waals surface area contributed by atoms with Gasteiger partial charge in [-0.05, 0) is 80.4 Å². The monoisotopic (exact) mass is 527 g/mol. The number of amides is 2. The molecule has 8 nitrogen and oxygen atoms in total. The van der Waals surface area contributed by atoms with Crippen LogP contribution in [0.2, 0.25) is 0 Å². The van der Waals surface area contributed by atoms with Gasteiger partial charge in [-0.15, -0.1) is 0 Å². The topological polar surface area (TPSA) is 99.2 Å². The standard InChI is InChI=1S/C31H33N3O5/c1-18(2)39-26-15-12-22(16-19(26)3)29(36)27-28(21-10-13-24(14-11-21)33(5)6)34(31(38)30(27)37)25-9-7-8-23(17-25)32-20(4)35/h7-18,28,36H,1-6H3,(H,32,35)/b29-27+. The second-order valence-electron chi connectivity index (χ2n) is 10.0. The van der Waals surface area contributed by atoms with Gasteiger partial charge in [0.2, 0.25) is 5.91 Å². The number of nitrogens with zero attached hydrogens (tertiary/aromatic N) is 2. The first-order valence-corrected chi connectivity index (χ1v) is 12.7. The van der Waals surface area contributed by atoms with E-state index >= 15 is 0 Å². The van der Waals surface area contributed by atoms with E-state index in [2.05, 4.69) is 5.32 Å². The molecule has 1 heterocycles. The van der Waals surface area contributed by atoms with Crippen molar-refractivity contribution in [2.45, 2.75) is 39.8 Å². The van der Waals surface area contributed by atoms with Gasteiger partial charge in [0.1, 0.15) is 11.5 Å². The molecule has 0 aromatic heterocycles. The van der Waals surface area contributed by atoms with Gasteiger partial charge in [0, 0.05) is 43.6 Å². The number of ketones is 1. The smallest absolute Gasteiger partial charge is 0.300 e. The van der Waals surface area contributed by atoms with Crippen LogP contribution in [-0.2, 0) is 14.4 Å². The van der Waals surface area contributed by atoms with Crippen molar-refractivity contribution in [1.29, 1.82) is 0 Å². The molecule has 39 heavy (non-hydrogen) atoms. The minimum atomic E-state index is -0.888. The second kappa shape index (κ2) is 11.0. The molecule has 202 valence electrons. The van der Waals surface area contributed by atoms with Crippen LogP contribution in [0.5, 0.6) is 5.75 Å². The first kappa shape index (κ1) is 27.4. The average molecular weight is 528 g/mol. The van der Waals surface area contributed by atoms with E-state index < -0.39 is 17.7 Å². The van der Waals surface area contributed by atoms with Crippen molar-refractivity contribution in [2.24, 2.45) is 0 Å². The minimum absolute atomic E-state index is 0.0144. The van der Waals surface area contributed by atoms with Gasteiger partial charge in [0.25, 0.3) is 11.7 Å². The molecule has 0 saturated carbocycles. The molecule has 0 spiro atoms. The van der Waals surface area contributed by atoms with Crippen LogP contribution in [0.25, 0.3) is 5.76 Å². The fraction of sp³-hybridized carbons (Fsp3) is 0.258. The zero-order chi connectivity index (χ0) is 28.4. The second-order valence-corrected chi connectivity index (χ2v) is 10.0. The number of nitrogens with one attached hydrogen (secondary N) is 1. The molecule has 1 aliphatic rings. The number of benzene rings is 3. The van der Waals surface area contributed by atoms with Crippen LogP contribution < -0.4 is 19.9 Å². The molecule has 2 amide bonds. The number of carbonyl (C=O) groups excluding carboxylic acids is 3. The summed E-state index contributed by atoms with van der Waals surface area (Å²) in [5.41, 5.74) is 3.68. The molecule has 3 aromatic rings. The Hall–Kier alpha value is -4.59. The number of hydrogen-bond acceptors (Lipinski definition) is 6. The molecule has 1 aliphatic heterocycles. The Labute approximate surface area is 228 Å². The van der Waals surface area contributed by atoms with Crippen LogP contribution in [0, 0.1) is 6.92 Å². The summed E-state index contributed by atoms with van der Waals surface area (Å²) in [6.45, 7) is 7.11. The van der Waals surface area contributed by atoms with E-state index in [9.17, 15) is 19.5 Å². The number of ether oxygens (including phenoxy) is 1. The lowest BCUT2D eigenvalue weighted by molar-refractivity contribution is -0.132. The highest BCUT2D eigenvalue weighted by Gasteiger charge is 2.47. The van der Waals surface area contributed by atoms with Gasteiger partial charge in [-0.3, -0.25) is 19.3 Å². The van der Waals surface area contributed by atoms with Crippen LogP contribution in [-0.4, -0.2) is 42.9 Å². The zero-order valence-corrected chi connectivity index (χ0v) is 23.0. The SMILES string of the molecule is CC(=O)Nc1cccc(N2C(=O)C(=O)/C(=C(/O)c3ccc(OC(C)C)c(C)c3)C2c2ccc(N(C)C)cc2)c1. The van der Waals surface area contributed by atoms with Gasteiger partial charge in [-0.25, -0.2) is 0 Å². The third-order valence-electron chi connectivity index (χ3n) is 6.43. The first-order chi connectivity index (χ1) is 18.5. The lowest BCUT2D eigenvalue weighted by atomic mass is 9.94. The number of carbonyl (C=O) groups is 3. The van der Waals surface area contributed by atoms with Crippen molar-refractivity contribution in [2.75, 3.05) is 29.2 Å². The fourth-order valence-electron chi connectivity index (χ4n) is 4.64. The van der Waals surface area contributed by atoms with Crippen molar-refractivity contribution < 1.29 is 24.2 Å². The van der Waals surface area contributed by atoms with Crippen LogP contribution in [0.4, 0.5) is 17.1 Å². The number of hydrogen-bond donors (Lipinski definition) is 2. The molecule has 8 heteroatoms. The highest BCUT2D eigenvalue weighted by Crippen LogP contribution is 2.43. The minimum Gasteiger partial charge on any atom is -0.507 e. The van der Waals surface area contributed by atoms with Gasteiger partial charge in [-0.1, -0.05) is 18.2 Å². The number of Topliss-reactive ketones (excluding diaryl/α,β-unsaturated/α-hetero) is 1. The predicted octanol–water partition coefficient (Wildman–Crippen LogP) is 5.43. The van der Waals surface area contributed by atoms with Gasteiger partial charge in [0.15, 0.2) is 0 Å². The summed E-state index contributed by atoms with van der Waals surface area (Å²) < 4.78 is 5.82. The van der Waals surface area contributed by atoms with Crippen LogP contribution in [0.15, 0.2) is 72.3 Å². The Morgan fingerprint density at radius 2 is 1.72 bits per heavy atom. The maximum atomic E-state index is 13.5. The number of aliphatic hydroxyl groups is 1. The van der Waals surface area contributed by atoms with Crippen LogP contribution in [0.3, 0.4) is 0 Å². The van der Waals surface area contributed by atoms with Crippen molar-refractivity contribution in [1.82, 2.24) is 0 Å². The maximum Gasteiger partial charge on any atom is 0.300 e. The summed E-state index contributed by atoms with van der Waals surface area (Å²) in [5.74, 6) is -1.42. The van der Waals surface area contributed by atoms with E-state index in [-0.39, 0.29) is 23.3 Å². The van der Waals surface area contributed by atoms with E-state index in [1.807, 2.05) is 64.0 Å². The summed E-state index contributed by atoms with van der Waals surface area (Å²) >= 11 is 0. The molecule has 1 saturated heterocycles. The van der Waals surface area contributed by atoms with Gasteiger partial charge in [0.05, 0.1) is 17.7 Å². The Morgan fingerprint density at radius 1 is 1.03 bits per heavy atom. The van der Waals surface area contributed by atoms with Gasteiger partial charge < -0.3 is 20.1 Å². The van der Waals surface area contributed by atoms with Crippen molar-refractivity contribution in [3.05, 3.63) is 89.0 Å². The first-order valence-electron chi connectivity index (χ1n) is 12.7. The number of rotatable bonds is 7. The Morgan fingerprint density at radius 3 is 2.31 bits per heavy atom. The largest absolute Gasteiger partial charge is 0.507 e. The van der Waals surface area contributed by atoms with Crippen molar-refractivity contribution in [3.63, 3.8) is 0 Å². The average Bonchev–Trinajstić information content (AvgIpc) is 3.14. The van der Waals surface area contributed by atoms with E-state index in [1.54, 1.807) is 42.5 Å². The zero-order valence-electron chi connectivity index (χ0n) is 23.0. The fourth-order valence-corrected chi connectivity index (χ4v) is 4.64. The van der Waals surface area contributed by atoms with Crippen LogP contribution in [0.1, 0.15) is 43.5 Å².